The van der Waals surface area contributed by atoms with E-state index < -0.39 is 10.0 Å². The van der Waals surface area contributed by atoms with Gasteiger partial charge in [0.2, 0.25) is 10.0 Å². The van der Waals surface area contributed by atoms with Gasteiger partial charge in [0.25, 0.3) is 0 Å². The van der Waals surface area contributed by atoms with Crippen molar-refractivity contribution < 1.29 is 8.42 Å². The van der Waals surface area contributed by atoms with Crippen molar-refractivity contribution in [1.29, 1.82) is 0 Å². The van der Waals surface area contributed by atoms with E-state index in [0.717, 1.165) is 11.1 Å². The molecule has 0 radical (unpaired) electrons. The SMILES string of the molecule is Cc1ccc([C@H](C)NS(=O)(=O)c2ccccc2)cc1. The van der Waals surface area contributed by atoms with Gasteiger partial charge in [-0.25, -0.2) is 13.1 Å². The first kappa shape index (κ1) is 13.8. The number of aryl methyl sites for hydroxylation is 1. The van der Waals surface area contributed by atoms with Gasteiger partial charge in [-0.2, -0.15) is 0 Å². The lowest BCUT2D eigenvalue weighted by atomic mass is 10.1. The maximum atomic E-state index is 12.2. The zero-order valence-corrected chi connectivity index (χ0v) is 11.8. The third kappa shape index (κ3) is 3.43. The lowest BCUT2D eigenvalue weighted by Crippen LogP contribution is -2.26. The molecular formula is C15H17NO2S. The Morgan fingerprint density at radius 1 is 0.947 bits per heavy atom. The Kier molecular flexibility index (Phi) is 4.02. The minimum atomic E-state index is -3.47. The van der Waals surface area contributed by atoms with Crippen LogP contribution in [0.4, 0.5) is 0 Å². The second-order valence-electron chi connectivity index (χ2n) is 4.57. The van der Waals surface area contributed by atoms with Gasteiger partial charge in [-0.15, -0.1) is 0 Å². The van der Waals surface area contributed by atoms with E-state index in [4.69, 9.17) is 0 Å². The van der Waals surface area contributed by atoms with Crippen LogP contribution >= 0.6 is 0 Å². The van der Waals surface area contributed by atoms with Crippen molar-refractivity contribution >= 4 is 10.0 Å². The van der Waals surface area contributed by atoms with Gasteiger partial charge in [0, 0.05) is 6.04 Å². The van der Waals surface area contributed by atoms with E-state index in [1.54, 1.807) is 30.3 Å². The van der Waals surface area contributed by atoms with Gasteiger partial charge in [-0.3, -0.25) is 0 Å². The van der Waals surface area contributed by atoms with E-state index in [9.17, 15) is 8.42 Å². The molecule has 0 spiro atoms. The predicted molar refractivity (Wildman–Crippen MR) is 76.4 cm³/mol. The molecule has 19 heavy (non-hydrogen) atoms. The number of nitrogens with one attached hydrogen (secondary N) is 1. The van der Waals surface area contributed by atoms with Crippen molar-refractivity contribution in [2.75, 3.05) is 0 Å². The van der Waals surface area contributed by atoms with E-state index in [1.807, 2.05) is 38.1 Å². The molecule has 2 rings (SSSR count). The molecule has 4 heteroatoms. The van der Waals surface area contributed by atoms with Crippen molar-refractivity contribution in [2.45, 2.75) is 24.8 Å². The molecule has 0 saturated carbocycles. The first-order chi connectivity index (χ1) is 8.99. The first-order valence-electron chi connectivity index (χ1n) is 6.13. The molecule has 100 valence electrons. The molecule has 0 aliphatic rings. The van der Waals surface area contributed by atoms with Crippen molar-refractivity contribution in [1.82, 2.24) is 4.72 Å². The highest BCUT2D eigenvalue weighted by Gasteiger charge is 2.17. The van der Waals surface area contributed by atoms with Crippen LogP contribution in [-0.4, -0.2) is 8.42 Å². The molecule has 0 fully saturated rings. The molecule has 2 aromatic rings. The maximum absolute atomic E-state index is 12.2. The summed E-state index contributed by atoms with van der Waals surface area (Å²) in [5.74, 6) is 0. The Hall–Kier alpha value is -1.65. The average Bonchev–Trinajstić information content (AvgIpc) is 2.40. The molecule has 0 saturated heterocycles. The second kappa shape index (κ2) is 5.55. The zero-order chi connectivity index (χ0) is 13.9. The average molecular weight is 275 g/mol. The van der Waals surface area contributed by atoms with Gasteiger partial charge < -0.3 is 0 Å². The molecule has 0 amide bonds. The number of hydrogen-bond acceptors (Lipinski definition) is 2. The fourth-order valence-corrected chi connectivity index (χ4v) is 3.08. The summed E-state index contributed by atoms with van der Waals surface area (Å²) in [6.07, 6.45) is 0. The number of sulfonamides is 1. The van der Waals surface area contributed by atoms with Crippen molar-refractivity contribution in [3.63, 3.8) is 0 Å². The summed E-state index contributed by atoms with van der Waals surface area (Å²) in [4.78, 5) is 0.286. The molecule has 0 unspecified atom stereocenters. The smallest absolute Gasteiger partial charge is 0.207 e. The molecule has 0 aromatic heterocycles. The van der Waals surface area contributed by atoms with Crippen LogP contribution in [0.3, 0.4) is 0 Å². The largest absolute Gasteiger partial charge is 0.241 e. The Balaban J connectivity index is 2.19. The third-order valence-electron chi connectivity index (χ3n) is 2.96. The monoisotopic (exact) mass is 275 g/mol. The minimum absolute atomic E-state index is 0.259. The number of hydrogen-bond donors (Lipinski definition) is 1. The molecule has 0 aliphatic carbocycles. The highest BCUT2D eigenvalue weighted by atomic mass is 32.2. The van der Waals surface area contributed by atoms with Gasteiger partial charge in [-0.05, 0) is 31.5 Å². The van der Waals surface area contributed by atoms with Crippen LogP contribution in [0.1, 0.15) is 24.1 Å². The fraction of sp³-hybridized carbons (Fsp3) is 0.200. The van der Waals surface area contributed by atoms with E-state index in [0.29, 0.717) is 0 Å². The van der Waals surface area contributed by atoms with Crippen LogP contribution in [0, 0.1) is 6.92 Å². The van der Waals surface area contributed by atoms with Crippen LogP contribution in [0.5, 0.6) is 0 Å². The maximum Gasteiger partial charge on any atom is 0.241 e. The lowest BCUT2D eigenvalue weighted by molar-refractivity contribution is 0.567. The summed E-state index contributed by atoms with van der Waals surface area (Å²) >= 11 is 0. The van der Waals surface area contributed by atoms with Crippen molar-refractivity contribution in [3.05, 3.63) is 65.7 Å². The van der Waals surface area contributed by atoms with Crippen LogP contribution in [-0.2, 0) is 10.0 Å². The van der Waals surface area contributed by atoms with Crippen LogP contribution in [0.2, 0.25) is 0 Å². The number of benzene rings is 2. The predicted octanol–water partition coefficient (Wildman–Crippen LogP) is 3.03. The van der Waals surface area contributed by atoms with Gasteiger partial charge in [-0.1, -0.05) is 48.0 Å². The van der Waals surface area contributed by atoms with Crippen molar-refractivity contribution in [2.24, 2.45) is 0 Å². The van der Waals surface area contributed by atoms with Crippen LogP contribution < -0.4 is 4.72 Å². The Bertz CT molecular complexity index is 634. The molecular weight excluding hydrogens is 258 g/mol. The summed E-state index contributed by atoms with van der Waals surface area (Å²) < 4.78 is 27.0. The molecule has 2 aromatic carbocycles. The Morgan fingerprint density at radius 3 is 2.11 bits per heavy atom. The summed E-state index contributed by atoms with van der Waals surface area (Å²) in [6, 6.07) is 16.0. The zero-order valence-electron chi connectivity index (χ0n) is 11.0. The summed E-state index contributed by atoms with van der Waals surface area (Å²) in [5.41, 5.74) is 2.10. The normalized spacial score (nSPS) is 13.2. The molecule has 0 aliphatic heterocycles. The highest BCUT2D eigenvalue weighted by molar-refractivity contribution is 7.89. The lowest BCUT2D eigenvalue weighted by Gasteiger charge is -2.14. The van der Waals surface area contributed by atoms with E-state index >= 15 is 0 Å². The molecule has 3 nitrogen and oxygen atoms in total. The highest BCUT2D eigenvalue weighted by Crippen LogP contribution is 2.17. The third-order valence-corrected chi connectivity index (χ3v) is 4.52. The van der Waals surface area contributed by atoms with Gasteiger partial charge >= 0.3 is 0 Å². The van der Waals surface area contributed by atoms with Crippen molar-refractivity contribution in [3.8, 4) is 0 Å². The number of rotatable bonds is 4. The van der Waals surface area contributed by atoms with Crippen LogP contribution in [0.25, 0.3) is 0 Å². The molecule has 1 N–H and O–H groups in total. The molecule has 0 heterocycles. The quantitative estimate of drug-likeness (QED) is 0.932. The Labute approximate surface area is 114 Å². The van der Waals surface area contributed by atoms with Gasteiger partial charge in [0.1, 0.15) is 0 Å². The minimum Gasteiger partial charge on any atom is -0.207 e. The fourth-order valence-electron chi connectivity index (χ4n) is 1.82. The first-order valence-corrected chi connectivity index (χ1v) is 7.61. The van der Waals surface area contributed by atoms with E-state index in [2.05, 4.69) is 4.72 Å². The van der Waals surface area contributed by atoms with Gasteiger partial charge in [0.05, 0.1) is 4.90 Å². The van der Waals surface area contributed by atoms with E-state index in [-0.39, 0.29) is 10.9 Å². The van der Waals surface area contributed by atoms with E-state index in [1.165, 1.54) is 0 Å². The summed E-state index contributed by atoms with van der Waals surface area (Å²) in [5, 5.41) is 0. The summed E-state index contributed by atoms with van der Waals surface area (Å²) in [6.45, 7) is 3.84. The standard InChI is InChI=1S/C15H17NO2S/c1-12-8-10-14(11-9-12)13(2)16-19(17,18)15-6-4-3-5-7-15/h3-11,13,16H,1-2H3/t13-/m0/s1. The second-order valence-corrected chi connectivity index (χ2v) is 6.28. The molecule has 1 atom stereocenters. The molecule has 0 bridgehead atoms. The van der Waals surface area contributed by atoms with Gasteiger partial charge in [0.15, 0.2) is 0 Å². The topological polar surface area (TPSA) is 46.2 Å². The summed E-state index contributed by atoms with van der Waals surface area (Å²) in [7, 11) is -3.47. The Morgan fingerprint density at radius 2 is 1.53 bits per heavy atom. The van der Waals surface area contributed by atoms with Crippen LogP contribution in [0.15, 0.2) is 59.5 Å².